The smallest absolute Gasteiger partial charge is 0.254 e. The van der Waals surface area contributed by atoms with Crippen molar-refractivity contribution >= 4 is 17.7 Å². The first-order valence-corrected chi connectivity index (χ1v) is 9.06. The second kappa shape index (κ2) is 8.30. The second-order valence-corrected chi connectivity index (χ2v) is 6.90. The van der Waals surface area contributed by atoms with Gasteiger partial charge in [-0.2, -0.15) is 4.98 Å². The van der Waals surface area contributed by atoms with Crippen LogP contribution >= 0.6 is 0 Å². The Balaban J connectivity index is 1.78. The Morgan fingerprint density at radius 1 is 1.33 bits per heavy atom. The van der Waals surface area contributed by atoms with Crippen LogP contribution in [0.15, 0.2) is 30.5 Å². The standard InChI is InChI=1S/C19H24FN5O2/c1-11(12-5-7-13(20)8-6-12)23-19-22-10-16(17(21)27)18(25-19)24-14-3-2-4-15(26)9-14/h5-8,10-11,14-15,26H,2-4,9H2,1H3,(H2,21,27)(H2,22,23,24,25)/t11-,14?,15-/m0/s1. The van der Waals surface area contributed by atoms with Crippen molar-refractivity contribution in [2.75, 3.05) is 10.6 Å². The molecule has 1 aromatic heterocycles. The molecule has 3 rings (SSSR count). The van der Waals surface area contributed by atoms with Crippen molar-refractivity contribution in [3.8, 4) is 0 Å². The summed E-state index contributed by atoms with van der Waals surface area (Å²) in [5, 5.41) is 16.2. The molecule has 1 unspecified atom stereocenters. The number of aliphatic hydroxyl groups excluding tert-OH is 1. The van der Waals surface area contributed by atoms with Crippen molar-refractivity contribution < 1.29 is 14.3 Å². The molecular formula is C19H24FN5O2. The molecule has 0 aliphatic heterocycles. The minimum absolute atomic E-state index is 0.0177. The molecule has 1 fully saturated rings. The topological polar surface area (TPSA) is 113 Å². The number of nitrogens with two attached hydrogens (primary N) is 1. The number of carbonyl (C=O) groups is 1. The summed E-state index contributed by atoms with van der Waals surface area (Å²) >= 11 is 0. The number of benzene rings is 1. The molecule has 1 aliphatic rings. The van der Waals surface area contributed by atoms with Crippen molar-refractivity contribution in [3.05, 3.63) is 47.4 Å². The lowest BCUT2D eigenvalue weighted by atomic mass is 9.93. The summed E-state index contributed by atoms with van der Waals surface area (Å²) in [5.74, 6) is -0.234. The molecule has 7 nitrogen and oxygen atoms in total. The number of carbonyl (C=O) groups excluding carboxylic acids is 1. The summed E-state index contributed by atoms with van der Waals surface area (Å²) in [6.45, 7) is 1.91. The van der Waals surface area contributed by atoms with Gasteiger partial charge >= 0.3 is 0 Å². The summed E-state index contributed by atoms with van der Waals surface area (Å²) in [4.78, 5) is 20.3. The fourth-order valence-corrected chi connectivity index (χ4v) is 3.26. The van der Waals surface area contributed by atoms with E-state index in [9.17, 15) is 14.3 Å². The van der Waals surface area contributed by atoms with Crippen molar-refractivity contribution in [3.63, 3.8) is 0 Å². The van der Waals surface area contributed by atoms with Crippen LogP contribution < -0.4 is 16.4 Å². The van der Waals surface area contributed by atoms with Crippen LogP contribution in [-0.2, 0) is 0 Å². The molecule has 27 heavy (non-hydrogen) atoms. The van der Waals surface area contributed by atoms with Crippen molar-refractivity contribution in [2.45, 2.75) is 50.8 Å². The predicted octanol–water partition coefficient (Wildman–Crippen LogP) is 2.60. The Morgan fingerprint density at radius 2 is 2.07 bits per heavy atom. The van der Waals surface area contributed by atoms with Gasteiger partial charge in [0.15, 0.2) is 0 Å². The van der Waals surface area contributed by atoms with Crippen molar-refractivity contribution in [2.24, 2.45) is 5.73 Å². The van der Waals surface area contributed by atoms with Gasteiger partial charge in [-0.3, -0.25) is 4.79 Å². The second-order valence-electron chi connectivity index (χ2n) is 6.90. The molecule has 2 aromatic rings. The van der Waals surface area contributed by atoms with E-state index in [0.29, 0.717) is 18.2 Å². The SMILES string of the molecule is C[C@H](Nc1ncc(C(N)=O)c(NC2CCC[C@H](O)C2)n1)c1ccc(F)cc1. The number of hydrogen-bond donors (Lipinski definition) is 4. The number of halogens is 1. The van der Waals surface area contributed by atoms with Gasteiger partial charge in [-0.25, -0.2) is 9.37 Å². The Hall–Kier alpha value is -2.74. The van der Waals surface area contributed by atoms with Gasteiger partial charge in [0.2, 0.25) is 5.95 Å². The molecule has 3 atom stereocenters. The molecule has 1 amide bonds. The van der Waals surface area contributed by atoms with E-state index in [1.807, 2.05) is 6.92 Å². The van der Waals surface area contributed by atoms with E-state index in [2.05, 4.69) is 20.6 Å². The van der Waals surface area contributed by atoms with E-state index >= 15 is 0 Å². The minimum atomic E-state index is -0.619. The van der Waals surface area contributed by atoms with Gasteiger partial charge in [0, 0.05) is 12.2 Å². The van der Waals surface area contributed by atoms with Crippen LogP contribution in [0.2, 0.25) is 0 Å². The average molecular weight is 373 g/mol. The number of primary amides is 1. The number of nitrogens with zero attached hydrogens (tertiary/aromatic N) is 2. The largest absolute Gasteiger partial charge is 0.393 e. The molecule has 0 saturated heterocycles. The average Bonchev–Trinajstić information content (AvgIpc) is 2.62. The Bertz CT molecular complexity index is 799. The van der Waals surface area contributed by atoms with E-state index < -0.39 is 5.91 Å². The zero-order valence-corrected chi connectivity index (χ0v) is 15.2. The molecule has 0 radical (unpaired) electrons. The predicted molar refractivity (Wildman–Crippen MR) is 101 cm³/mol. The fourth-order valence-electron chi connectivity index (χ4n) is 3.26. The third-order valence-electron chi connectivity index (χ3n) is 4.76. The van der Waals surface area contributed by atoms with Crippen LogP contribution in [0.3, 0.4) is 0 Å². The first-order valence-electron chi connectivity index (χ1n) is 9.06. The lowest BCUT2D eigenvalue weighted by Crippen LogP contribution is -2.31. The Morgan fingerprint density at radius 3 is 2.74 bits per heavy atom. The number of rotatable bonds is 6. The number of hydrogen-bond acceptors (Lipinski definition) is 6. The number of aliphatic hydroxyl groups is 1. The third kappa shape index (κ3) is 4.91. The van der Waals surface area contributed by atoms with Crippen LogP contribution in [0.1, 0.15) is 54.6 Å². The normalized spacial score (nSPS) is 20.7. The van der Waals surface area contributed by atoms with Crippen LogP contribution in [0.25, 0.3) is 0 Å². The van der Waals surface area contributed by atoms with Gasteiger partial charge in [-0.15, -0.1) is 0 Å². The molecule has 1 heterocycles. The van der Waals surface area contributed by atoms with E-state index in [4.69, 9.17) is 5.73 Å². The van der Waals surface area contributed by atoms with Gasteiger partial charge < -0.3 is 21.5 Å². The van der Waals surface area contributed by atoms with Gasteiger partial charge in [-0.05, 0) is 50.3 Å². The van der Waals surface area contributed by atoms with Crippen LogP contribution in [0, 0.1) is 5.82 Å². The fraction of sp³-hybridized carbons (Fsp3) is 0.421. The van der Waals surface area contributed by atoms with Crippen LogP contribution in [0.5, 0.6) is 0 Å². The maximum absolute atomic E-state index is 13.1. The molecule has 5 N–H and O–H groups in total. The molecule has 8 heteroatoms. The van der Waals surface area contributed by atoms with Gasteiger partial charge in [0.1, 0.15) is 11.6 Å². The van der Waals surface area contributed by atoms with E-state index in [0.717, 1.165) is 24.8 Å². The highest BCUT2D eigenvalue weighted by molar-refractivity contribution is 5.97. The zero-order chi connectivity index (χ0) is 19.4. The maximum atomic E-state index is 13.1. The molecule has 1 aliphatic carbocycles. The highest BCUT2D eigenvalue weighted by Gasteiger charge is 2.23. The quantitative estimate of drug-likeness (QED) is 0.619. The van der Waals surface area contributed by atoms with Crippen LogP contribution in [-0.4, -0.2) is 33.1 Å². The first kappa shape index (κ1) is 19.0. The van der Waals surface area contributed by atoms with E-state index in [1.165, 1.54) is 18.3 Å². The highest BCUT2D eigenvalue weighted by atomic mass is 19.1. The summed E-state index contributed by atoms with van der Waals surface area (Å²) in [6.07, 6.45) is 4.20. The third-order valence-corrected chi connectivity index (χ3v) is 4.76. The molecule has 0 spiro atoms. The van der Waals surface area contributed by atoms with E-state index in [1.54, 1.807) is 12.1 Å². The van der Waals surface area contributed by atoms with Crippen molar-refractivity contribution in [1.82, 2.24) is 9.97 Å². The summed E-state index contributed by atoms with van der Waals surface area (Å²) < 4.78 is 13.1. The van der Waals surface area contributed by atoms with Gasteiger partial charge in [0.05, 0.1) is 17.7 Å². The number of anilines is 2. The summed E-state index contributed by atoms with van der Waals surface area (Å²) in [7, 11) is 0. The van der Waals surface area contributed by atoms with Gasteiger partial charge in [0.25, 0.3) is 5.91 Å². The Labute approximate surface area is 157 Å². The van der Waals surface area contributed by atoms with Gasteiger partial charge in [-0.1, -0.05) is 12.1 Å². The molecule has 144 valence electrons. The maximum Gasteiger partial charge on any atom is 0.254 e. The molecular weight excluding hydrogens is 349 g/mol. The molecule has 0 bridgehead atoms. The highest BCUT2D eigenvalue weighted by Crippen LogP contribution is 2.24. The Kier molecular flexibility index (Phi) is 5.85. The monoisotopic (exact) mass is 373 g/mol. The first-order chi connectivity index (χ1) is 12.9. The summed E-state index contributed by atoms with van der Waals surface area (Å²) in [5.41, 5.74) is 6.52. The molecule has 1 saturated carbocycles. The summed E-state index contributed by atoms with van der Waals surface area (Å²) in [6, 6.07) is 6.02. The number of aromatic nitrogens is 2. The number of amides is 1. The zero-order valence-electron chi connectivity index (χ0n) is 15.2. The lowest BCUT2D eigenvalue weighted by molar-refractivity contribution is 0.100. The van der Waals surface area contributed by atoms with E-state index in [-0.39, 0.29) is 29.6 Å². The molecule has 1 aromatic carbocycles. The minimum Gasteiger partial charge on any atom is -0.393 e. The lowest BCUT2D eigenvalue weighted by Gasteiger charge is -2.27. The van der Waals surface area contributed by atoms with Crippen molar-refractivity contribution in [1.29, 1.82) is 0 Å². The van der Waals surface area contributed by atoms with Crippen LogP contribution in [0.4, 0.5) is 16.2 Å². The number of nitrogens with one attached hydrogen (secondary N) is 2.